The molecule has 32 heavy (non-hydrogen) atoms. The van der Waals surface area contributed by atoms with E-state index in [4.69, 9.17) is 9.47 Å². The zero-order chi connectivity index (χ0) is 23.3. The number of aryl methyl sites for hydroxylation is 1. The van der Waals surface area contributed by atoms with Crippen molar-refractivity contribution in [2.75, 3.05) is 18.2 Å². The average Bonchev–Trinajstić information content (AvgIpc) is 3.20. The first kappa shape index (κ1) is 23.7. The summed E-state index contributed by atoms with van der Waals surface area (Å²) in [5, 5.41) is 12.4. The standard InChI is InChI=1S/C24H30N4O3S/c1-15(2)28-23(18(5)31-20-11-8-10-19(13-20)30-6)26-27-24(28)32-14-22(29)25-21-12-7-9-16(3)17(21)4/h7-13,15,18H,14H2,1-6H3,(H,25,29). The van der Waals surface area contributed by atoms with Crippen molar-refractivity contribution in [3.8, 4) is 11.5 Å². The van der Waals surface area contributed by atoms with Gasteiger partial charge in [0, 0.05) is 17.8 Å². The van der Waals surface area contributed by atoms with Crippen LogP contribution in [0.1, 0.15) is 49.9 Å². The van der Waals surface area contributed by atoms with Crippen molar-refractivity contribution in [1.82, 2.24) is 14.8 Å². The summed E-state index contributed by atoms with van der Waals surface area (Å²) in [6.45, 7) is 10.1. The molecule has 0 spiro atoms. The first-order chi connectivity index (χ1) is 15.3. The van der Waals surface area contributed by atoms with Crippen LogP contribution in [0.2, 0.25) is 0 Å². The summed E-state index contributed by atoms with van der Waals surface area (Å²) < 4.78 is 13.4. The second kappa shape index (κ2) is 10.5. The maximum absolute atomic E-state index is 12.5. The maximum Gasteiger partial charge on any atom is 0.234 e. The number of hydrogen-bond donors (Lipinski definition) is 1. The fourth-order valence-electron chi connectivity index (χ4n) is 3.28. The van der Waals surface area contributed by atoms with Crippen LogP contribution in [-0.4, -0.2) is 33.5 Å². The van der Waals surface area contributed by atoms with E-state index in [1.807, 2.05) is 67.8 Å². The Kier molecular flexibility index (Phi) is 7.80. The molecule has 2 aromatic carbocycles. The number of thioether (sulfide) groups is 1. The van der Waals surface area contributed by atoms with Crippen LogP contribution >= 0.6 is 11.8 Å². The minimum atomic E-state index is -0.324. The van der Waals surface area contributed by atoms with Crippen LogP contribution in [0.4, 0.5) is 5.69 Å². The smallest absolute Gasteiger partial charge is 0.234 e. The predicted octanol–water partition coefficient (Wildman–Crippen LogP) is 5.36. The van der Waals surface area contributed by atoms with Gasteiger partial charge in [-0.2, -0.15) is 0 Å². The minimum Gasteiger partial charge on any atom is -0.497 e. The van der Waals surface area contributed by atoms with Crippen molar-refractivity contribution in [3.05, 3.63) is 59.4 Å². The summed E-state index contributed by atoms with van der Waals surface area (Å²) in [6.07, 6.45) is -0.324. The number of amides is 1. The minimum absolute atomic E-state index is 0.0794. The highest BCUT2D eigenvalue weighted by Gasteiger charge is 2.22. The van der Waals surface area contributed by atoms with Gasteiger partial charge in [-0.25, -0.2) is 0 Å². The maximum atomic E-state index is 12.5. The lowest BCUT2D eigenvalue weighted by atomic mass is 10.1. The van der Waals surface area contributed by atoms with Crippen molar-refractivity contribution >= 4 is 23.4 Å². The van der Waals surface area contributed by atoms with E-state index in [-0.39, 0.29) is 23.8 Å². The van der Waals surface area contributed by atoms with Crippen molar-refractivity contribution in [2.24, 2.45) is 0 Å². The van der Waals surface area contributed by atoms with E-state index in [9.17, 15) is 4.79 Å². The van der Waals surface area contributed by atoms with Crippen LogP contribution < -0.4 is 14.8 Å². The van der Waals surface area contributed by atoms with Gasteiger partial charge < -0.3 is 19.4 Å². The average molecular weight is 455 g/mol. The van der Waals surface area contributed by atoms with Crippen molar-refractivity contribution in [1.29, 1.82) is 0 Å². The van der Waals surface area contributed by atoms with Gasteiger partial charge >= 0.3 is 0 Å². The van der Waals surface area contributed by atoms with Gasteiger partial charge in [0.05, 0.1) is 12.9 Å². The van der Waals surface area contributed by atoms with Gasteiger partial charge in [-0.1, -0.05) is 30.0 Å². The molecular formula is C24H30N4O3S. The number of hydrogen-bond acceptors (Lipinski definition) is 6. The Morgan fingerprint density at radius 3 is 2.53 bits per heavy atom. The molecule has 0 bridgehead atoms. The molecule has 1 N–H and O–H groups in total. The Balaban J connectivity index is 1.70. The van der Waals surface area contributed by atoms with Gasteiger partial charge in [0.1, 0.15) is 11.5 Å². The molecule has 170 valence electrons. The molecule has 0 saturated heterocycles. The quantitative estimate of drug-likeness (QED) is 0.439. The van der Waals surface area contributed by atoms with E-state index in [0.29, 0.717) is 16.7 Å². The Morgan fingerprint density at radius 2 is 1.81 bits per heavy atom. The molecule has 0 radical (unpaired) electrons. The van der Waals surface area contributed by atoms with Gasteiger partial charge in [0.25, 0.3) is 0 Å². The van der Waals surface area contributed by atoms with Gasteiger partial charge in [-0.05, 0) is 63.9 Å². The molecule has 1 amide bonds. The van der Waals surface area contributed by atoms with Crippen LogP contribution in [0.3, 0.4) is 0 Å². The summed E-state index contributed by atoms with van der Waals surface area (Å²) >= 11 is 1.37. The van der Waals surface area contributed by atoms with Crippen LogP contribution in [0.5, 0.6) is 11.5 Å². The zero-order valence-electron chi connectivity index (χ0n) is 19.4. The van der Waals surface area contributed by atoms with Gasteiger partial charge in [0.15, 0.2) is 17.1 Å². The number of nitrogens with one attached hydrogen (secondary N) is 1. The van der Waals surface area contributed by atoms with Gasteiger partial charge in [0.2, 0.25) is 5.91 Å². The molecule has 1 unspecified atom stereocenters. The Hall–Kier alpha value is -3.00. The van der Waals surface area contributed by atoms with E-state index in [1.165, 1.54) is 11.8 Å². The molecule has 3 aromatic rings. The molecule has 0 saturated carbocycles. The molecule has 0 fully saturated rings. The number of benzene rings is 2. The molecular weight excluding hydrogens is 424 g/mol. The number of carbonyl (C=O) groups excluding carboxylic acids is 1. The number of aromatic nitrogens is 3. The number of methoxy groups -OCH3 is 1. The Bertz CT molecular complexity index is 1080. The normalized spacial score (nSPS) is 12.0. The molecule has 0 aliphatic rings. The highest BCUT2D eigenvalue weighted by molar-refractivity contribution is 7.99. The van der Waals surface area contributed by atoms with E-state index < -0.39 is 0 Å². The van der Waals surface area contributed by atoms with Gasteiger partial charge in [-0.15, -0.1) is 10.2 Å². The molecule has 1 atom stereocenters. The second-order valence-corrected chi connectivity index (χ2v) is 8.77. The summed E-state index contributed by atoms with van der Waals surface area (Å²) in [5.41, 5.74) is 3.05. The van der Waals surface area contributed by atoms with Crippen LogP contribution in [-0.2, 0) is 4.79 Å². The summed E-state index contributed by atoms with van der Waals surface area (Å²) in [5.74, 6) is 2.29. The lowest BCUT2D eigenvalue weighted by molar-refractivity contribution is -0.113. The molecule has 1 heterocycles. The number of nitrogens with zero attached hydrogens (tertiary/aromatic N) is 3. The lowest BCUT2D eigenvalue weighted by Crippen LogP contribution is -2.17. The number of carbonyl (C=O) groups is 1. The highest BCUT2D eigenvalue weighted by atomic mass is 32.2. The summed E-state index contributed by atoms with van der Waals surface area (Å²) in [7, 11) is 1.62. The first-order valence-corrected chi connectivity index (χ1v) is 11.5. The van der Waals surface area contributed by atoms with E-state index in [2.05, 4.69) is 29.4 Å². The Morgan fingerprint density at radius 1 is 1.09 bits per heavy atom. The number of anilines is 1. The highest BCUT2D eigenvalue weighted by Crippen LogP contribution is 2.29. The fraction of sp³-hybridized carbons (Fsp3) is 0.375. The van der Waals surface area contributed by atoms with Crippen LogP contribution in [0.25, 0.3) is 0 Å². The lowest BCUT2D eigenvalue weighted by Gasteiger charge is -2.19. The predicted molar refractivity (Wildman–Crippen MR) is 128 cm³/mol. The van der Waals surface area contributed by atoms with E-state index >= 15 is 0 Å². The van der Waals surface area contributed by atoms with E-state index in [0.717, 1.165) is 22.6 Å². The zero-order valence-corrected chi connectivity index (χ0v) is 20.2. The molecule has 0 aliphatic carbocycles. The van der Waals surface area contributed by atoms with Crippen molar-refractivity contribution in [2.45, 2.75) is 51.9 Å². The Labute approximate surface area is 193 Å². The molecule has 3 rings (SSSR count). The SMILES string of the molecule is COc1cccc(OC(C)c2nnc(SCC(=O)Nc3cccc(C)c3C)n2C(C)C)c1. The number of rotatable bonds is 9. The fourth-order valence-corrected chi connectivity index (χ4v) is 4.16. The third kappa shape index (κ3) is 5.62. The van der Waals surface area contributed by atoms with Crippen LogP contribution in [0.15, 0.2) is 47.6 Å². The first-order valence-electron chi connectivity index (χ1n) is 10.5. The molecule has 7 nitrogen and oxygen atoms in total. The largest absolute Gasteiger partial charge is 0.497 e. The van der Waals surface area contributed by atoms with Crippen molar-refractivity contribution in [3.63, 3.8) is 0 Å². The molecule has 8 heteroatoms. The van der Waals surface area contributed by atoms with Crippen LogP contribution in [0, 0.1) is 13.8 Å². The molecule has 1 aromatic heterocycles. The van der Waals surface area contributed by atoms with E-state index in [1.54, 1.807) is 7.11 Å². The third-order valence-electron chi connectivity index (χ3n) is 5.14. The monoisotopic (exact) mass is 454 g/mol. The van der Waals surface area contributed by atoms with Crippen molar-refractivity contribution < 1.29 is 14.3 Å². The second-order valence-electron chi connectivity index (χ2n) is 7.83. The number of ether oxygens (including phenoxy) is 2. The summed E-state index contributed by atoms with van der Waals surface area (Å²) in [4.78, 5) is 12.5. The third-order valence-corrected chi connectivity index (χ3v) is 6.08. The van der Waals surface area contributed by atoms with Gasteiger partial charge in [-0.3, -0.25) is 4.79 Å². The molecule has 0 aliphatic heterocycles. The topological polar surface area (TPSA) is 78.3 Å². The summed E-state index contributed by atoms with van der Waals surface area (Å²) in [6, 6.07) is 13.5.